The summed E-state index contributed by atoms with van der Waals surface area (Å²) in [5, 5.41) is 10.6. The molecule has 3 rings (SSSR count). The summed E-state index contributed by atoms with van der Waals surface area (Å²) in [4.78, 5) is 31.7. The third kappa shape index (κ3) is 3.15. The molecular weight excluding hydrogens is 340 g/mol. The Labute approximate surface area is 149 Å². The van der Waals surface area contributed by atoms with E-state index in [0.29, 0.717) is 21.5 Å². The molecule has 0 bridgehead atoms. The first kappa shape index (κ1) is 17.2. The third-order valence-electron chi connectivity index (χ3n) is 4.30. The van der Waals surface area contributed by atoms with Crippen LogP contribution in [0.3, 0.4) is 0 Å². The minimum absolute atomic E-state index is 0.243. The second-order valence-corrected chi connectivity index (χ2v) is 6.33. The van der Waals surface area contributed by atoms with E-state index in [1.54, 1.807) is 37.4 Å². The Bertz CT molecular complexity index is 978. The maximum absolute atomic E-state index is 13.0. The van der Waals surface area contributed by atoms with Gasteiger partial charge < -0.3 is 10.1 Å². The molecule has 5 nitrogen and oxygen atoms in total. The van der Waals surface area contributed by atoms with Crippen LogP contribution in [0.25, 0.3) is 10.9 Å². The fourth-order valence-electron chi connectivity index (χ4n) is 2.89. The molecule has 128 valence electrons. The minimum Gasteiger partial charge on any atom is -0.481 e. The quantitative estimate of drug-likeness (QED) is 0.671. The lowest BCUT2D eigenvalue weighted by atomic mass is 9.95. The monoisotopic (exact) mass is 356 g/mol. The molecule has 1 aromatic carbocycles. The first-order chi connectivity index (χ1) is 11.9. The van der Waals surface area contributed by atoms with Gasteiger partial charge in [-0.25, -0.2) is 0 Å². The van der Waals surface area contributed by atoms with Gasteiger partial charge in [0.15, 0.2) is 0 Å². The number of carboxylic acids is 1. The van der Waals surface area contributed by atoms with Crippen molar-refractivity contribution in [1.82, 2.24) is 9.97 Å². The lowest BCUT2D eigenvalue weighted by Crippen LogP contribution is -2.13. The van der Waals surface area contributed by atoms with Crippen molar-refractivity contribution in [3.05, 3.63) is 64.1 Å². The molecule has 0 aliphatic rings. The Morgan fingerprint density at radius 2 is 2.04 bits per heavy atom. The number of hydrogen-bond donors (Lipinski definition) is 2. The van der Waals surface area contributed by atoms with Gasteiger partial charge in [0.05, 0.1) is 11.6 Å². The van der Waals surface area contributed by atoms with Crippen molar-refractivity contribution in [3.8, 4) is 0 Å². The summed E-state index contributed by atoms with van der Waals surface area (Å²) in [6.07, 6.45) is 2.37. The number of fused-ring (bicyclic) bond motifs is 1. The smallest absolute Gasteiger partial charge is 0.310 e. The zero-order valence-corrected chi connectivity index (χ0v) is 14.6. The molecule has 0 saturated heterocycles. The maximum Gasteiger partial charge on any atom is 0.310 e. The number of nitrogens with one attached hydrogen (secondary N) is 1. The van der Waals surface area contributed by atoms with E-state index in [0.717, 1.165) is 12.0 Å². The molecule has 0 fully saturated rings. The number of rotatable bonds is 5. The molecule has 3 aromatic rings. The SMILES string of the molecule is CCc1ccnc(C(=O)c2[nH]c3cc(Cl)ccc3c2C(C)C(=O)O)c1. The van der Waals surface area contributed by atoms with Gasteiger partial charge in [0.25, 0.3) is 0 Å². The van der Waals surface area contributed by atoms with Crippen LogP contribution in [0.5, 0.6) is 0 Å². The van der Waals surface area contributed by atoms with Crippen LogP contribution in [-0.4, -0.2) is 26.8 Å². The average molecular weight is 357 g/mol. The Morgan fingerprint density at radius 1 is 1.28 bits per heavy atom. The summed E-state index contributed by atoms with van der Waals surface area (Å²) in [7, 11) is 0. The van der Waals surface area contributed by atoms with Crippen molar-refractivity contribution in [2.45, 2.75) is 26.2 Å². The molecule has 25 heavy (non-hydrogen) atoms. The number of aliphatic carboxylic acids is 1. The van der Waals surface area contributed by atoms with E-state index in [2.05, 4.69) is 9.97 Å². The number of carbonyl (C=O) groups is 2. The van der Waals surface area contributed by atoms with Gasteiger partial charge in [-0.3, -0.25) is 14.6 Å². The molecule has 2 N–H and O–H groups in total. The van der Waals surface area contributed by atoms with Crippen molar-refractivity contribution in [2.24, 2.45) is 0 Å². The molecule has 0 spiro atoms. The minimum atomic E-state index is -1.000. The lowest BCUT2D eigenvalue weighted by molar-refractivity contribution is -0.138. The Hall–Kier alpha value is -2.66. The van der Waals surface area contributed by atoms with E-state index in [4.69, 9.17) is 11.6 Å². The molecular formula is C19H17ClN2O3. The van der Waals surface area contributed by atoms with Gasteiger partial charge in [-0.05, 0) is 43.2 Å². The van der Waals surface area contributed by atoms with Crippen molar-refractivity contribution in [3.63, 3.8) is 0 Å². The molecule has 0 saturated carbocycles. The molecule has 0 amide bonds. The van der Waals surface area contributed by atoms with Gasteiger partial charge in [0, 0.05) is 27.7 Å². The molecule has 1 atom stereocenters. The maximum atomic E-state index is 13.0. The molecule has 0 aliphatic heterocycles. The molecule has 1 unspecified atom stereocenters. The Morgan fingerprint density at radius 3 is 2.72 bits per heavy atom. The Balaban J connectivity index is 2.21. The normalized spacial score (nSPS) is 12.3. The van der Waals surface area contributed by atoms with Gasteiger partial charge >= 0.3 is 5.97 Å². The number of pyridine rings is 1. The standard InChI is InChI=1S/C19H17ClN2O3/c1-3-11-6-7-21-15(8-11)18(23)17-16(10(2)19(24)25)13-5-4-12(20)9-14(13)22-17/h4-10,22H,3H2,1-2H3,(H,24,25). The number of nitrogens with zero attached hydrogens (tertiary/aromatic N) is 1. The van der Waals surface area contributed by atoms with Gasteiger partial charge in [-0.2, -0.15) is 0 Å². The second kappa shape index (κ2) is 6.69. The first-order valence-corrected chi connectivity index (χ1v) is 8.33. The molecule has 2 heterocycles. The summed E-state index contributed by atoms with van der Waals surface area (Å²) >= 11 is 6.02. The lowest BCUT2D eigenvalue weighted by Gasteiger charge is -2.09. The van der Waals surface area contributed by atoms with E-state index in [1.165, 1.54) is 0 Å². The number of carbonyl (C=O) groups excluding carboxylic acids is 1. The number of halogens is 1. The fourth-order valence-corrected chi connectivity index (χ4v) is 3.06. The Kier molecular flexibility index (Phi) is 4.59. The number of carboxylic acid groups (broad SMARTS) is 1. The number of ketones is 1. The van der Waals surface area contributed by atoms with Crippen LogP contribution >= 0.6 is 11.6 Å². The highest BCUT2D eigenvalue weighted by Gasteiger charge is 2.27. The van der Waals surface area contributed by atoms with Crippen molar-refractivity contribution in [1.29, 1.82) is 0 Å². The highest BCUT2D eigenvalue weighted by atomic mass is 35.5. The van der Waals surface area contributed by atoms with Crippen LogP contribution in [0.2, 0.25) is 5.02 Å². The van der Waals surface area contributed by atoms with Crippen LogP contribution in [-0.2, 0) is 11.2 Å². The molecule has 0 aliphatic carbocycles. The van der Waals surface area contributed by atoms with E-state index in [-0.39, 0.29) is 17.2 Å². The van der Waals surface area contributed by atoms with Crippen LogP contribution in [0, 0.1) is 0 Å². The third-order valence-corrected chi connectivity index (χ3v) is 4.53. The zero-order chi connectivity index (χ0) is 18.1. The van der Waals surface area contributed by atoms with E-state index in [1.807, 2.05) is 13.0 Å². The van der Waals surface area contributed by atoms with Gasteiger partial charge in [-0.1, -0.05) is 24.6 Å². The highest BCUT2D eigenvalue weighted by Crippen LogP contribution is 2.32. The second-order valence-electron chi connectivity index (χ2n) is 5.90. The van der Waals surface area contributed by atoms with Crippen LogP contribution in [0.15, 0.2) is 36.5 Å². The molecule has 2 aromatic heterocycles. The first-order valence-electron chi connectivity index (χ1n) is 7.96. The fraction of sp³-hybridized carbons (Fsp3) is 0.211. The number of aryl methyl sites for hydroxylation is 1. The predicted molar refractivity (Wildman–Crippen MR) is 96.4 cm³/mol. The summed E-state index contributed by atoms with van der Waals surface area (Å²) in [5.74, 6) is -2.17. The van der Waals surface area contributed by atoms with Crippen LogP contribution in [0.1, 0.15) is 47.1 Å². The van der Waals surface area contributed by atoms with E-state index in [9.17, 15) is 14.7 Å². The highest BCUT2D eigenvalue weighted by molar-refractivity contribution is 6.31. The summed E-state index contributed by atoms with van der Waals surface area (Å²) < 4.78 is 0. The van der Waals surface area contributed by atoms with Crippen LogP contribution < -0.4 is 0 Å². The largest absolute Gasteiger partial charge is 0.481 e. The number of aromatic amines is 1. The molecule has 0 radical (unpaired) electrons. The summed E-state index contributed by atoms with van der Waals surface area (Å²) in [5.41, 5.74) is 2.60. The zero-order valence-electron chi connectivity index (χ0n) is 13.8. The summed E-state index contributed by atoms with van der Waals surface area (Å²) in [6, 6.07) is 8.68. The van der Waals surface area contributed by atoms with Crippen molar-refractivity contribution >= 4 is 34.3 Å². The molecule has 6 heteroatoms. The van der Waals surface area contributed by atoms with Crippen molar-refractivity contribution < 1.29 is 14.7 Å². The van der Waals surface area contributed by atoms with Gasteiger partial charge in [0.2, 0.25) is 5.78 Å². The number of hydrogen-bond acceptors (Lipinski definition) is 3. The number of H-pyrrole nitrogens is 1. The van der Waals surface area contributed by atoms with E-state index < -0.39 is 11.9 Å². The van der Waals surface area contributed by atoms with E-state index >= 15 is 0 Å². The number of aromatic nitrogens is 2. The predicted octanol–water partition coefficient (Wildman–Crippen LogP) is 4.20. The van der Waals surface area contributed by atoms with Gasteiger partial charge in [-0.15, -0.1) is 0 Å². The van der Waals surface area contributed by atoms with Gasteiger partial charge in [0.1, 0.15) is 5.69 Å². The van der Waals surface area contributed by atoms with Crippen molar-refractivity contribution in [2.75, 3.05) is 0 Å². The average Bonchev–Trinajstić information content (AvgIpc) is 2.98. The topological polar surface area (TPSA) is 83.0 Å². The number of benzene rings is 1. The summed E-state index contributed by atoms with van der Waals surface area (Å²) in [6.45, 7) is 3.55. The van der Waals surface area contributed by atoms with Crippen LogP contribution in [0.4, 0.5) is 0 Å².